The van der Waals surface area contributed by atoms with Gasteiger partial charge in [0.15, 0.2) is 0 Å². The van der Waals surface area contributed by atoms with E-state index in [1.54, 1.807) is 15.6 Å². The summed E-state index contributed by atoms with van der Waals surface area (Å²) < 4.78 is 1.66. The number of hydrogen-bond donors (Lipinski definition) is 1. The lowest BCUT2D eigenvalue weighted by Crippen LogP contribution is -2.42. The molecule has 0 unspecified atom stereocenters. The smallest absolute Gasteiger partial charge is 0.270 e. The van der Waals surface area contributed by atoms with Crippen LogP contribution in [0.25, 0.3) is 0 Å². The first-order valence-electron chi connectivity index (χ1n) is 8.24. The van der Waals surface area contributed by atoms with Crippen molar-refractivity contribution in [2.45, 2.75) is 45.8 Å². The van der Waals surface area contributed by atoms with Crippen LogP contribution in [0.5, 0.6) is 0 Å². The molecule has 24 heavy (non-hydrogen) atoms. The molecule has 0 aliphatic carbocycles. The lowest BCUT2D eigenvalue weighted by atomic mass is 10.2. The maximum Gasteiger partial charge on any atom is 0.270 e. The van der Waals surface area contributed by atoms with E-state index in [2.05, 4.69) is 10.4 Å². The molecule has 1 saturated heterocycles. The van der Waals surface area contributed by atoms with Gasteiger partial charge in [-0.25, -0.2) is 0 Å². The molecule has 1 aromatic heterocycles. The number of carbonyl (C=O) groups is 2. The minimum atomic E-state index is -0.506. The highest BCUT2D eigenvalue weighted by atomic mass is 16.2. The topological polar surface area (TPSA) is 67.2 Å². The predicted molar refractivity (Wildman–Crippen MR) is 91.9 cm³/mol. The second kappa shape index (κ2) is 6.47. The number of benzene rings is 1. The molecule has 1 aromatic carbocycles. The summed E-state index contributed by atoms with van der Waals surface area (Å²) in [6.45, 7) is 6.39. The van der Waals surface area contributed by atoms with Crippen LogP contribution >= 0.6 is 0 Å². The molecule has 1 N–H and O–H groups in total. The van der Waals surface area contributed by atoms with Gasteiger partial charge in [-0.1, -0.05) is 18.2 Å². The number of rotatable bonds is 4. The van der Waals surface area contributed by atoms with Gasteiger partial charge >= 0.3 is 0 Å². The first-order chi connectivity index (χ1) is 11.5. The van der Waals surface area contributed by atoms with Gasteiger partial charge in [0.05, 0.1) is 5.69 Å². The SMILES string of the molecule is CCn1nc(C)cc1C(=O)N[C@H]1C[C@H](C)N(c2ccccc2)C1=O. The number of amides is 2. The highest BCUT2D eigenvalue weighted by molar-refractivity contribution is 6.04. The summed E-state index contributed by atoms with van der Waals surface area (Å²) in [5, 5.41) is 7.15. The maximum atomic E-state index is 12.7. The number of aromatic nitrogens is 2. The Bertz CT molecular complexity index is 754. The fourth-order valence-corrected chi connectivity index (χ4v) is 3.22. The maximum absolute atomic E-state index is 12.7. The monoisotopic (exact) mass is 326 g/mol. The Morgan fingerprint density at radius 1 is 1.33 bits per heavy atom. The van der Waals surface area contributed by atoms with E-state index >= 15 is 0 Å². The summed E-state index contributed by atoms with van der Waals surface area (Å²) in [4.78, 5) is 27.0. The molecular formula is C18H22N4O2. The number of anilines is 1. The highest BCUT2D eigenvalue weighted by Crippen LogP contribution is 2.26. The van der Waals surface area contributed by atoms with Crippen LogP contribution in [-0.2, 0) is 11.3 Å². The first-order valence-corrected chi connectivity index (χ1v) is 8.24. The summed E-state index contributed by atoms with van der Waals surface area (Å²) in [5.74, 6) is -0.320. The molecule has 6 heteroatoms. The van der Waals surface area contributed by atoms with Crippen molar-refractivity contribution in [2.24, 2.45) is 0 Å². The number of nitrogens with zero attached hydrogens (tertiary/aromatic N) is 3. The van der Waals surface area contributed by atoms with Gasteiger partial charge in [-0.2, -0.15) is 5.10 Å². The molecule has 2 heterocycles. The van der Waals surface area contributed by atoms with Crippen molar-refractivity contribution in [3.8, 4) is 0 Å². The van der Waals surface area contributed by atoms with Gasteiger partial charge in [0.2, 0.25) is 5.91 Å². The van der Waals surface area contributed by atoms with Crippen molar-refractivity contribution in [2.75, 3.05) is 4.90 Å². The van der Waals surface area contributed by atoms with E-state index in [0.29, 0.717) is 18.7 Å². The van der Waals surface area contributed by atoms with Crippen molar-refractivity contribution in [3.63, 3.8) is 0 Å². The summed E-state index contributed by atoms with van der Waals surface area (Å²) in [7, 11) is 0. The third kappa shape index (κ3) is 2.91. The number of aryl methyl sites for hydroxylation is 2. The zero-order valence-corrected chi connectivity index (χ0v) is 14.2. The molecule has 2 atom stereocenters. The normalized spacial score (nSPS) is 20.5. The van der Waals surface area contributed by atoms with Crippen LogP contribution in [0.2, 0.25) is 0 Å². The predicted octanol–water partition coefficient (Wildman–Crippen LogP) is 2.14. The van der Waals surface area contributed by atoms with Gasteiger partial charge < -0.3 is 10.2 Å². The van der Waals surface area contributed by atoms with Crippen LogP contribution in [0.15, 0.2) is 36.4 Å². The van der Waals surface area contributed by atoms with Crippen molar-refractivity contribution in [1.82, 2.24) is 15.1 Å². The van der Waals surface area contributed by atoms with E-state index < -0.39 is 6.04 Å². The van der Waals surface area contributed by atoms with Gasteiger partial charge in [-0.15, -0.1) is 0 Å². The quantitative estimate of drug-likeness (QED) is 0.936. The zero-order chi connectivity index (χ0) is 17.3. The molecule has 1 fully saturated rings. The van der Waals surface area contributed by atoms with Gasteiger partial charge in [0, 0.05) is 18.3 Å². The summed E-state index contributed by atoms with van der Waals surface area (Å²) in [5.41, 5.74) is 2.15. The van der Waals surface area contributed by atoms with Crippen molar-refractivity contribution >= 4 is 17.5 Å². The first kappa shape index (κ1) is 16.2. The van der Waals surface area contributed by atoms with E-state index in [1.165, 1.54) is 0 Å². The largest absolute Gasteiger partial charge is 0.339 e. The Morgan fingerprint density at radius 2 is 2.04 bits per heavy atom. The van der Waals surface area contributed by atoms with Crippen LogP contribution in [0, 0.1) is 6.92 Å². The summed E-state index contributed by atoms with van der Waals surface area (Å²) in [6, 6.07) is 10.8. The lowest BCUT2D eigenvalue weighted by Gasteiger charge is -2.21. The molecule has 6 nitrogen and oxygen atoms in total. The number of carbonyl (C=O) groups excluding carboxylic acids is 2. The minimum Gasteiger partial charge on any atom is -0.339 e. The summed E-state index contributed by atoms with van der Waals surface area (Å²) in [6.07, 6.45) is 0.596. The molecular weight excluding hydrogens is 304 g/mol. The van der Waals surface area contributed by atoms with E-state index in [0.717, 1.165) is 11.4 Å². The molecule has 0 saturated carbocycles. The number of para-hydroxylation sites is 1. The Morgan fingerprint density at radius 3 is 2.71 bits per heavy atom. The second-order valence-electron chi connectivity index (χ2n) is 6.14. The molecule has 3 rings (SSSR count). The van der Waals surface area contributed by atoms with E-state index in [-0.39, 0.29) is 17.9 Å². The van der Waals surface area contributed by atoms with Gasteiger partial charge in [-0.3, -0.25) is 14.3 Å². The van der Waals surface area contributed by atoms with Gasteiger partial charge in [0.1, 0.15) is 11.7 Å². The molecule has 0 spiro atoms. The fraction of sp³-hybridized carbons (Fsp3) is 0.389. The molecule has 1 aliphatic rings. The molecule has 2 amide bonds. The zero-order valence-electron chi connectivity index (χ0n) is 14.2. The summed E-state index contributed by atoms with van der Waals surface area (Å²) >= 11 is 0. The minimum absolute atomic E-state index is 0.0445. The van der Waals surface area contributed by atoms with Crippen LogP contribution < -0.4 is 10.2 Å². The average molecular weight is 326 g/mol. The Hall–Kier alpha value is -2.63. The molecule has 1 aliphatic heterocycles. The molecule has 2 aromatic rings. The van der Waals surface area contributed by atoms with Crippen LogP contribution in [0.3, 0.4) is 0 Å². The number of nitrogens with one attached hydrogen (secondary N) is 1. The Kier molecular flexibility index (Phi) is 4.38. The van der Waals surface area contributed by atoms with Crippen molar-refractivity contribution < 1.29 is 9.59 Å². The molecule has 0 bridgehead atoms. The fourth-order valence-electron chi connectivity index (χ4n) is 3.22. The van der Waals surface area contributed by atoms with Crippen molar-refractivity contribution in [3.05, 3.63) is 47.8 Å². The lowest BCUT2D eigenvalue weighted by molar-refractivity contribution is -0.118. The molecule has 0 radical (unpaired) electrons. The molecule has 126 valence electrons. The van der Waals surface area contributed by atoms with Gasteiger partial charge in [0.25, 0.3) is 5.91 Å². The standard InChI is InChI=1S/C18H22N4O2/c1-4-21-16(10-12(2)20-21)17(23)19-15-11-13(3)22(18(15)24)14-8-6-5-7-9-14/h5-10,13,15H,4,11H2,1-3H3,(H,19,23)/t13-,15-/m0/s1. The Labute approximate surface area is 141 Å². The van der Waals surface area contributed by atoms with E-state index in [4.69, 9.17) is 0 Å². The highest BCUT2D eigenvalue weighted by Gasteiger charge is 2.39. The Balaban J connectivity index is 1.77. The van der Waals surface area contributed by atoms with E-state index in [9.17, 15) is 9.59 Å². The number of hydrogen-bond acceptors (Lipinski definition) is 3. The third-order valence-electron chi connectivity index (χ3n) is 4.33. The van der Waals surface area contributed by atoms with Crippen LogP contribution in [0.1, 0.15) is 36.5 Å². The second-order valence-corrected chi connectivity index (χ2v) is 6.14. The third-order valence-corrected chi connectivity index (χ3v) is 4.33. The van der Waals surface area contributed by atoms with E-state index in [1.807, 2.05) is 51.1 Å². The average Bonchev–Trinajstić information content (AvgIpc) is 3.08. The van der Waals surface area contributed by atoms with Crippen LogP contribution in [0.4, 0.5) is 5.69 Å². The van der Waals surface area contributed by atoms with Crippen molar-refractivity contribution in [1.29, 1.82) is 0 Å². The van der Waals surface area contributed by atoms with Gasteiger partial charge in [-0.05, 0) is 45.4 Å². The van der Waals surface area contributed by atoms with Crippen LogP contribution in [-0.4, -0.2) is 33.7 Å².